The predicted molar refractivity (Wildman–Crippen MR) is 75.6 cm³/mol. The van der Waals surface area contributed by atoms with Gasteiger partial charge in [-0.15, -0.1) is 0 Å². The molecule has 2 atom stereocenters. The highest BCUT2D eigenvalue weighted by atomic mass is 16.5. The molecule has 1 aliphatic carbocycles. The smallest absolute Gasteiger partial charge is 0.262 e. The van der Waals surface area contributed by atoms with Crippen LogP contribution in [-0.4, -0.2) is 18.6 Å². The number of benzene rings is 1. The van der Waals surface area contributed by atoms with Gasteiger partial charge in [0.05, 0.1) is 5.69 Å². The van der Waals surface area contributed by atoms with Gasteiger partial charge in [0.15, 0.2) is 6.61 Å². The Hall–Kier alpha value is -1.71. The summed E-state index contributed by atoms with van der Waals surface area (Å²) >= 11 is 0. The summed E-state index contributed by atoms with van der Waals surface area (Å²) in [5, 5.41) is 6.40. The van der Waals surface area contributed by atoms with E-state index in [1.54, 1.807) is 0 Å². The Bertz CT molecular complexity index is 487. The second kappa shape index (κ2) is 5.11. The minimum atomic E-state index is -0.0865. The number of anilines is 2. The van der Waals surface area contributed by atoms with Crippen molar-refractivity contribution in [2.75, 3.05) is 17.2 Å². The van der Waals surface area contributed by atoms with E-state index in [2.05, 4.69) is 17.6 Å². The van der Waals surface area contributed by atoms with Crippen LogP contribution in [0.1, 0.15) is 32.6 Å². The van der Waals surface area contributed by atoms with Crippen molar-refractivity contribution < 1.29 is 9.53 Å². The molecule has 2 aliphatic rings. The average Bonchev–Trinajstić information content (AvgIpc) is 2.86. The normalized spacial score (nSPS) is 25.4. The highest BCUT2D eigenvalue weighted by molar-refractivity contribution is 5.96. The summed E-state index contributed by atoms with van der Waals surface area (Å²) in [6.45, 7) is 2.37. The van der Waals surface area contributed by atoms with Gasteiger partial charge in [0.25, 0.3) is 5.91 Å². The van der Waals surface area contributed by atoms with E-state index >= 15 is 0 Å². The molecule has 0 bridgehead atoms. The van der Waals surface area contributed by atoms with E-state index in [0.29, 0.717) is 6.04 Å². The van der Waals surface area contributed by atoms with Crippen LogP contribution in [0.15, 0.2) is 18.2 Å². The highest BCUT2D eigenvalue weighted by Crippen LogP contribution is 2.33. The van der Waals surface area contributed by atoms with Crippen molar-refractivity contribution in [2.45, 2.75) is 38.6 Å². The monoisotopic (exact) mass is 260 g/mol. The molecule has 0 spiro atoms. The van der Waals surface area contributed by atoms with Crippen LogP contribution >= 0.6 is 0 Å². The SMILES string of the molecule is CCC1CCC(Nc2ccc3c(c2)NC(=O)CO3)C1. The molecule has 1 heterocycles. The number of amides is 1. The second-order valence-electron chi connectivity index (χ2n) is 5.48. The minimum absolute atomic E-state index is 0.0865. The van der Waals surface area contributed by atoms with Crippen LogP contribution in [0.5, 0.6) is 5.75 Å². The maximum Gasteiger partial charge on any atom is 0.262 e. The van der Waals surface area contributed by atoms with E-state index in [1.807, 2.05) is 18.2 Å². The van der Waals surface area contributed by atoms with Crippen molar-refractivity contribution in [3.05, 3.63) is 18.2 Å². The van der Waals surface area contributed by atoms with Gasteiger partial charge in [-0.05, 0) is 43.4 Å². The molecule has 3 rings (SSSR count). The van der Waals surface area contributed by atoms with Crippen molar-refractivity contribution in [3.8, 4) is 5.75 Å². The van der Waals surface area contributed by atoms with Crippen LogP contribution in [0, 0.1) is 5.92 Å². The van der Waals surface area contributed by atoms with Gasteiger partial charge in [-0.25, -0.2) is 0 Å². The minimum Gasteiger partial charge on any atom is -0.482 e. The fourth-order valence-electron chi connectivity index (χ4n) is 2.99. The third-order valence-electron chi connectivity index (χ3n) is 4.10. The topological polar surface area (TPSA) is 50.4 Å². The third kappa shape index (κ3) is 2.67. The first-order chi connectivity index (χ1) is 9.24. The van der Waals surface area contributed by atoms with Gasteiger partial charge in [0.1, 0.15) is 5.75 Å². The van der Waals surface area contributed by atoms with E-state index in [0.717, 1.165) is 23.0 Å². The number of hydrogen-bond donors (Lipinski definition) is 2. The number of ether oxygens (including phenoxy) is 1. The van der Waals surface area contributed by atoms with Gasteiger partial charge in [-0.2, -0.15) is 0 Å². The lowest BCUT2D eigenvalue weighted by molar-refractivity contribution is -0.118. The molecule has 1 saturated carbocycles. The van der Waals surface area contributed by atoms with Crippen molar-refractivity contribution in [1.29, 1.82) is 0 Å². The molecule has 1 aromatic carbocycles. The van der Waals surface area contributed by atoms with Gasteiger partial charge in [0, 0.05) is 11.7 Å². The molecule has 1 aromatic rings. The molecule has 102 valence electrons. The van der Waals surface area contributed by atoms with Gasteiger partial charge >= 0.3 is 0 Å². The fraction of sp³-hybridized carbons (Fsp3) is 0.533. The first-order valence-electron chi connectivity index (χ1n) is 7.08. The Morgan fingerprint density at radius 3 is 3.11 bits per heavy atom. The number of rotatable bonds is 3. The number of carbonyl (C=O) groups excluding carboxylic acids is 1. The van der Waals surface area contributed by atoms with Crippen LogP contribution in [0.3, 0.4) is 0 Å². The van der Waals surface area contributed by atoms with Crippen molar-refractivity contribution in [2.24, 2.45) is 5.92 Å². The standard InChI is InChI=1S/C15H20N2O2/c1-2-10-3-4-11(7-10)16-12-5-6-14-13(8-12)17-15(18)9-19-14/h5-6,8,10-11,16H,2-4,7,9H2,1H3,(H,17,18). The summed E-state index contributed by atoms with van der Waals surface area (Å²) < 4.78 is 5.36. The lowest BCUT2D eigenvalue weighted by atomic mass is 10.1. The highest BCUT2D eigenvalue weighted by Gasteiger charge is 2.23. The van der Waals surface area contributed by atoms with Gasteiger partial charge in [-0.3, -0.25) is 4.79 Å². The quantitative estimate of drug-likeness (QED) is 0.878. The molecule has 0 saturated heterocycles. The van der Waals surface area contributed by atoms with Crippen LogP contribution in [0.4, 0.5) is 11.4 Å². The Kier molecular flexibility index (Phi) is 3.32. The van der Waals surface area contributed by atoms with Crippen molar-refractivity contribution >= 4 is 17.3 Å². The molecule has 0 radical (unpaired) electrons. The van der Waals surface area contributed by atoms with E-state index in [4.69, 9.17) is 4.74 Å². The van der Waals surface area contributed by atoms with Gasteiger partial charge in [0.2, 0.25) is 0 Å². The lowest BCUT2D eigenvalue weighted by Gasteiger charge is -2.20. The van der Waals surface area contributed by atoms with Crippen molar-refractivity contribution in [3.63, 3.8) is 0 Å². The van der Waals surface area contributed by atoms with Crippen LogP contribution in [0.2, 0.25) is 0 Å². The molecular weight excluding hydrogens is 240 g/mol. The zero-order valence-electron chi connectivity index (χ0n) is 11.2. The largest absolute Gasteiger partial charge is 0.482 e. The molecule has 1 aliphatic heterocycles. The van der Waals surface area contributed by atoms with Gasteiger partial charge in [-0.1, -0.05) is 13.3 Å². The summed E-state index contributed by atoms with van der Waals surface area (Å²) in [5.74, 6) is 1.53. The maximum absolute atomic E-state index is 11.3. The molecule has 0 aromatic heterocycles. The zero-order chi connectivity index (χ0) is 13.2. The fourth-order valence-corrected chi connectivity index (χ4v) is 2.99. The Balaban J connectivity index is 1.69. The maximum atomic E-state index is 11.3. The van der Waals surface area contributed by atoms with E-state index in [9.17, 15) is 4.79 Å². The summed E-state index contributed by atoms with van der Waals surface area (Å²) in [5.41, 5.74) is 1.83. The molecule has 2 unspecified atom stereocenters. The second-order valence-corrected chi connectivity index (χ2v) is 5.48. The van der Waals surface area contributed by atoms with Crippen LogP contribution < -0.4 is 15.4 Å². The first kappa shape index (κ1) is 12.3. The molecule has 2 N–H and O–H groups in total. The first-order valence-corrected chi connectivity index (χ1v) is 7.08. The average molecular weight is 260 g/mol. The summed E-state index contributed by atoms with van der Waals surface area (Å²) in [6, 6.07) is 6.47. The number of nitrogens with one attached hydrogen (secondary N) is 2. The van der Waals surface area contributed by atoms with Crippen molar-refractivity contribution in [1.82, 2.24) is 0 Å². The van der Waals surface area contributed by atoms with Crippen LogP contribution in [0.25, 0.3) is 0 Å². The Morgan fingerprint density at radius 2 is 2.32 bits per heavy atom. The molecule has 4 heteroatoms. The van der Waals surface area contributed by atoms with E-state index in [-0.39, 0.29) is 12.5 Å². The number of fused-ring (bicyclic) bond motifs is 1. The van der Waals surface area contributed by atoms with Crippen LogP contribution in [-0.2, 0) is 4.79 Å². The van der Waals surface area contributed by atoms with Gasteiger partial charge < -0.3 is 15.4 Å². The summed E-state index contributed by atoms with van der Waals surface area (Å²) in [7, 11) is 0. The molecule has 1 fully saturated rings. The number of carbonyl (C=O) groups is 1. The zero-order valence-corrected chi connectivity index (χ0v) is 11.2. The Morgan fingerprint density at radius 1 is 1.42 bits per heavy atom. The van der Waals surface area contributed by atoms with E-state index in [1.165, 1.54) is 25.7 Å². The molecule has 4 nitrogen and oxygen atoms in total. The molecule has 19 heavy (non-hydrogen) atoms. The van der Waals surface area contributed by atoms with E-state index < -0.39 is 0 Å². The Labute approximate surface area is 113 Å². The predicted octanol–water partition coefficient (Wildman–Crippen LogP) is 3.01. The lowest BCUT2D eigenvalue weighted by Crippen LogP contribution is -2.25. The number of hydrogen-bond acceptors (Lipinski definition) is 3. The summed E-state index contributed by atoms with van der Waals surface area (Å²) in [6.07, 6.45) is 5.07. The third-order valence-corrected chi connectivity index (χ3v) is 4.10. The summed E-state index contributed by atoms with van der Waals surface area (Å²) in [4.78, 5) is 11.3. The molecular formula is C15H20N2O2. The molecule has 1 amide bonds.